The molecule has 3 rings (SSSR count). The normalized spacial score (nSPS) is 11.9. The zero-order valence-electron chi connectivity index (χ0n) is 22.2. The fraction of sp³-hybridized carbons (Fsp3) is 0.286. The molecule has 0 spiro atoms. The van der Waals surface area contributed by atoms with Gasteiger partial charge in [-0.15, -0.1) is 0 Å². The number of hydrogen-bond donors (Lipinski definition) is 1. The lowest BCUT2D eigenvalue weighted by atomic mass is 10.1. The molecule has 0 heterocycles. The fourth-order valence-corrected chi connectivity index (χ4v) is 6.14. The average Bonchev–Trinajstić information content (AvgIpc) is 2.92. The molecule has 0 fully saturated rings. The Balaban J connectivity index is 2.08. The van der Waals surface area contributed by atoms with E-state index in [2.05, 4.69) is 5.32 Å². The number of sulfonamides is 1. The highest BCUT2D eigenvalue weighted by molar-refractivity contribution is 7.92. The number of amides is 2. The number of anilines is 1. The molecule has 3 aromatic carbocycles. The van der Waals surface area contributed by atoms with E-state index in [0.29, 0.717) is 32.9 Å². The van der Waals surface area contributed by atoms with Gasteiger partial charge >= 0.3 is 0 Å². The molecule has 40 heavy (non-hydrogen) atoms. The summed E-state index contributed by atoms with van der Waals surface area (Å²) < 4.78 is 33.9. The zero-order chi connectivity index (χ0) is 29.4. The summed E-state index contributed by atoms with van der Waals surface area (Å²) in [7, 11) is -2.77. The Morgan fingerprint density at radius 3 is 2.20 bits per heavy atom. The predicted molar refractivity (Wildman–Crippen MR) is 159 cm³/mol. The average molecular weight is 627 g/mol. The molecule has 1 atom stereocenters. The molecule has 0 radical (unpaired) electrons. The topological polar surface area (TPSA) is 96.0 Å². The van der Waals surface area contributed by atoms with Crippen LogP contribution in [0.5, 0.6) is 5.75 Å². The second-order valence-corrected chi connectivity index (χ2v) is 11.9. The van der Waals surface area contributed by atoms with Crippen molar-refractivity contribution >= 4 is 62.3 Å². The molecule has 0 aliphatic carbocycles. The molecule has 0 aliphatic rings. The molecular weight excluding hydrogens is 597 g/mol. The molecule has 12 heteroatoms. The van der Waals surface area contributed by atoms with Gasteiger partial charge in [-0.25, -0.2) is 8.42 Å². The van der Waals surface area contributed by atoms with E-state index in [-0.39, 0.29) is 29.5 Å². The quantitative estimate of drug-likeness (QED) is 0.274. The summed E-state index contributed by atoms with van der Waals surface area (Å²) in [6.45, 7) is 3.26. The van der Waals surface area contributed by atoms with Gasteiger partial charge in [-0.2, -0.15) is 0 Å². The van der Waals surface area contributed by atoms with E-state index >= 15 is 0 Å². The van der Waals surface area contributed by atoms with Gasteiger partial charge in [0, 0.05) is 28.2 Å². The van der Waals surface area contributed by atoms with Crippen LogP contribution in [-0.2, 0) is 26.2 Å². The fourth-order valence-electron chi connectivity index (χ4n) is 4.08. The van der Waals surface area contributed by atoms with Gasteiger partial charge in [-0.05, 0) is 73.5 Å². The SMILES string of the molecule is CCNC(=O)[C@H](CC)N(Cc1ccc(Cl)cc1Cl)C(=O)CN(c1cccc(Cl)c1)S(=O)(=O)c1ccc(OC)cc1. The third kappa shape index (κ3) is 7.60. The molecule has 1 N–H and O–H groups in total. The van der Waals surface area contributed by atoms with Crippen molar-refractivity contribution < 1.29 is 22.7 Å². The van der Waals surface area contributed by atoms with E-state index in [0.717, 1.165) is 4.31 Å². The van der Waals surface area contributed by atoms with Gasteiger partial charge in [-0.3, -0.25) is 13.9 Å². The minimum Gasteiger partial charge on any atom is -0.497 e. The molecule has 0 unspecified atom stereocenters. The Bertz CT molecular complexity index is 1450. The van der Waals surface area contributed by atoms with E-state index in [4.69, 9.17) is 39.5 Å². The van der Waals surface area contributed by atoms with Crippen LogP contribution in [0.3, 0.4) is 0 Å². The molecule has 3 aromatic rings. The van der Waals surface area contributed by atoms with Crippen molar-refractivity contribution in [3.05, 3.63) is 87.4 Å². The smallest absolute Gasteiger partial charge is 0.264 e. The first-order valence-electron chi connectivity index (χ1n) is 12.4. The Kier molecular flexibility index (Phi) is 11.1. The van der Waals surface area contributed by atoms with E-state index in [1.54, 1.807) is 50.2 Å². The second-order valence-electron chi connectivity index (χ2n) is 8.74. The van der Waals surface area contributed by atoms with Crippen molar-refractivity contribution in [1.82, 2.24) is 10.2 Å². The molecular formula is C28H30Cl3N3O5S. The van der Waals surface area contributed by atoms with Crippen molar-refractivity contribution in [3.8, 4) is 5.75 Å². The zero-order valence-corrected chi connectivity index (χ0v) is 25.3. The number of nitrogens with one attached hydrogen (secondary N) is 1. The predicted octanol–water partition coefficient (Wildman–Crippen LogP) is 5.79. The van der Waals surface area contributed by atoms with Crippen molar-refractivity contribution in [2.45, 2.75) is 37.8 Å². The summed E-state index contributed by atoms with van der Waals surface area (Å²) >= 11 is 18.7. The molecule has 0 aliphatic heterocycles. The van der Waals surface area contributed by atoms with E-state index in [1.165, 1.54) is 42.3 Å². The molecule has 0 saturated heterocycles. The first kappa shape index (κ1) is 31.5. The first-order valence-corrected chi connectivity index (χ1v) is 15.0. The van der Waals surface area contributed by atoms with Gasteiger partial charge in [0.15, 0.2) is 0 Å². The van der Waals surface area contributed by atoms with Crippen LogP contribution in [0.25, 0.3) is 0 Å². The molecule has 0 bridgehead atoms. The molecule has 2 amide bonds. The summed E-state index contributed by atoms with van der Waals surface area (Å²) in [6, 6.07) is 16.0. The maximum absolute atomic E-state index is 14.0. The van der Waals surface area contributed by atoms with Crippen LogP contribution in [0.2, 0.25) is 15.1 Å². The monoisotopic (exact) mass is 625 g/mol. The number of nitrogens with zero attached hydrogens (tertiary/aromatic N) is 2. The lowest BCUT2D eigenvalue weighted by Crippen LogP contribution is -2.52. The van der Waals surface area contributed by atoms with Crippen LogP contribution >= 0.6 is 34.8 Å². The van der Waals surface area contributed by atoms with Gasteiger partial charge in [0.2, 0.25) is 11.8 Å². The number of methoxy groups -OCH3 is 1. The maximum Gasteiger partial charge on any atom is 0.264 e. The van der Waals surface area contributed by atoms with Crippen LogP contribution in [0.1, 0.15) is 25.8 Å². The minimum atomic E-state index is -4.25. The number of hydrogen-bond acceptors (Lipinski definition) is 5. The number of carbonyl (C=O) groups excluding carboxylic acids is 2. The number of carbonyl (C=O) groups is 2. The van der Waals surface area contributed by atoms with Crippen molar-refractivity contribution in [2.24, 2.45) is 0 Å². The van der Waals surface area contributed by atoms with Crippen LogP contribution in [0.4, 0.5) is 5.69 Å². The lowest BCUT2D eigenvalue weighted by Gasteiger charge is -2.33. The highest BCUT2D eigenvalue weighted by atomic mass is 35.5. The van der Waals surface area contributed by atoms with Crippen LogP contribution < -0.4 is 14.4 Å². The summed E-state index contributed by atoms with van der Waals surface area (Å²) in [6.07, 6.45) is 0.283. The Hall–Kier alpha value is -2.98. The van der Waals surface area contributed by atoms with Crippen molar-refractivity contribution in [1.29, 1.82) is 0 Å². The van der Waals surface area contributed by atoms with E-state index in [1.807, 2.05) is 0 Å². The second kappa shape index (κ2) is 14.1. The third-order valence-electron chi connectivity index (χ3n) is 6.12. The number of benzene rings is 3. The van der Waals surface area contributed by atoms with Gasteiger partial charge in [0.05, 0.1) is 17.7 Å². The largest absolute Gasteiger partial charge is 0.497 e. The van der Waals surface area contributed by atoms with E-state index < -0.39 is 28.5 Å². The Morgan fingerprint density at radius 1 is 0.950 bits per heavy atom. The third-order valence-corrected chi connectivity index (χ3v) is 8.73. The number of halogens is 3. The highest BCUT2D eigenvalue weighted by Gasteiger charge is 2.34. The summed E-state index contributed by atoms with van der Waals surface area (Å²) in [5.74, 6) is -0.500. The molecule has 8 nitrogen and oxygen atoms in total. The highest BCUT2D eigenvalue weighted by Crippen LogP contribution is 2.29. The summed E-state index contributed by atoms with van der Waals surface area (Å²) in [5.41, 5.74) is 0.738. The molecule has 0 saturated carbocycles. The molecule has 214 valence electrons. The first-order chi connectivity index (χ1) is 19.0. The van der Waals surface area contributed by atoms with Crippen LogP contribution in [-0.4, -0.2) is 51.4 Å². The Labute approximate surface area is 249 Å². The van der Waals surface area contributed by atoms with Gasteiger partial charge in [0.1, 0.15) is 18.3 Å². The van der Waals surface area contributed by atoms with Gasteiger partial charge in [-0.1, -0.05) is 53.9 Å². The van der Waals surface area contributed by atoms with Crippen LogP contribution in [0.15, 0.2) is 71.6 Å². The lowest BCUT2D eigenvalue weighted by molar-refractivity contribution is -0.140. The minimum absolute atomic E-state index is 0.0452. The van der Waals surface area contributed by atoms with Crippen molar-refractivity contribution in [3.63, 3.8) is 0 Å². The molecule has 0 aromatic heterocycles. The Morgan fingerprint density at radius 2 is 1.62 bits per heavy atom. The van der Waals surface area contributed by atoms with Crippen molar-refractivity contribution in [2.75, 3.05) is 24.5 Å². The van der Waals surface area contributed by atoms with Gasteiger partial charge in [0.25, 0.3) is 10.0 Å². The van der Waals surface area contributed by atoms with Crippen LogP contribution in [0, 0.1) is 0 Å². The summed E-state index contributed by atoms with van der Waals surface area (Å²) in [5, 5.41) is 3.77. The summed E-state index contributed by atoms with van der Waals surface area (Å²) in [4.78, 5) is 28.3. The maximum atomic E-state index is 14.0. The number of ether oxygens (including phenoxy) is 1. The standard InChI is InChI=1S/C28H30Cl3N3O5S/c1-4-26(28(36)32-5-2)33(17-19-9-10-21(30)16-25(19)31)27(35)18-34(22-8-6-7-20(29)15-22)40(37,38)24-13-11-23(39-3)12-14-24/h6-16,26H,4-5,17-18H2,1-3H3,(H,32,36)/t26-/m0/s1. The number of rotatable bonds is 12. The van der Waals surface area contributed by atoms with E-state index in [9.17, 15) is 18.0 Å². The number of likely N-dealkylation sites (N-methyl/N-ethyl adjacent to an activating group) is 1. The van der Waals surface area contributed by atoms with Gasteiger partial charge < -0.3 is 15.0 Å².